The van der Waals surface area contributed by atoms with Gasteiger partial charge in [-0.1, -0.05) is 41.4 Å². The number of nitriles is 1. The number of nitrogens with zero attached hydrogens (tertiary/aromatic N) is 2. The van der Waals surface area contributed by atoms with Gasteiger partial charge in [-0.3, -0.25) is 14.9 Å². The molecule has 0 fully saturated rings. The third-order valence-corrected chi connectivity index (χ3v) is 6.15. The summed E-state index contributed by atoms with van der Waals surface area (Å²) in [6.45, 7) is 0.223. The van der Waals surface area contributed by atoms with E-state index in [0.29, 0.717) is 25.7 Å². The molecule has 0 saturated carbocycles. The lowest BCUT2D eigenvalue weighted by atomic mass is 10.1. The molecule has 8 nitrogen and oxygen atoms in total. The number of rotatable bonds is 8. The molecule has 11 heteroatoms. The van der Waals surface area contributed by atoms with E-state index in [0.717, 1.165) is 11.6 Å². The summed E-state index contributed by atoms with van der Waals surface area (Å²) in [6, 6.07) is 16.3. The average Bonchev–Trinajstić information content (AvgIpc) is 2.83. The predicted molar refractivity (Wildman–Crippen MR) is 142 cm³/mol. The maximum absolute atomic E-state index is 12.6. The van der Waals surface area contributed by atoms with Crippen molar-refractivity contribution in [1.29, 1.82) is 5.26 Å². The normalized spacial score (nSPS) is 10.9. The lowest BCUT2D eigenvalue weighted by Gasteiger charge is -2.14. The van der Waals surface area contributed by atoms with Gasteiger partial charge in [0.25, 0.3) is 11.6 Å². The van der Waals surface area contributed by atoms with Gasteiger partial charge in [-0.2, -0.15) is 5.26 Å². The summed E-state index contributed by atoms with van der Waals surface area (Å²) in [5.74, 6) is 0.153. The number of carbonyl (C=O) groups excluding carboxylic acids is 1. The Kier molecular flexibility index (Phi) is 8.92. The van der Waals surface area contributed by atoms with E-state index in [2.05, 4.69) is 27.9 Å². The van der Waals surface area contributed by atoms with Crippen molar-refractivity contribution in [2.75, 3.05) is 12.4 Å². The minimum Gasteiger partial charge on any atom is -0.493 e. The molecule has 0 heterocycles. The Morgan fingerprint density at radius 2 is 1.94 bits per heavy atom. The van der Waals surface area contributed by atoms with Gasteiger partial charge in [-0.05, 0) is 64.6 Å². The van der Waals surface area contributed by atoms with Crippen LogP contribution in [0.25, 0.3) is 6.08 Å². The third-order valence-electron chi connectivity index (χ3n) is 4.66. The van der Waals surface area contributed by atoms with Crippen LogP contribution in [0.2, 0.25) is 10.0 Å². The SMILES string of the molecule is COc1cc(/C=C(\C#N)C(=O)Nc2ccc(Cl)c([N+](=O)[O-])c2)cc(I)c1OCc1ccccc1Cl. The lowest BCUT2D eigenvalue weighted by molar-refractivity contribution is -0.384. The van der Waals surface area contributed by atoms with Crippen molar-refractivity contribution in [1.82, 2.24) is 0 Å². The number of halogens is 3. The van der Waals surface area contributed by atoms with Crippen LogP contribution in [-0.2, 0) is 11.4 Å². The van der Waals surface area contributed by atoms with E-state index in [-0.39, 0.29) is 28.6 Å². The van der Waals surface area contributed by atoms with E-state index in [1.54, 1.807) is 18.2 Å². The molecule has 35 heavy (non-hydrogen) atoms. The van der Waals surface area contributed by atoms with E-state index in [9.17, 15) is 20.2 Å². The summed E-state index contributed by atoms with van der Waals surface area (Å²) in [7, 11) is 1.48. The molecular formula is C24H16Cl2IN3O5. The number of benzene rings is 3. The number of anilines is 1. The standard InChI is InChI=1S/C24H16Cl2IN3O5/c1-34-22-10-14(9-20(27)23(22)35-13-15-4-2-3-5-18(15)25)8-16(12-28)24(31)29-17-6-7-19(26)21(11-17)30(32)33/h2-11H,13H2,1H3,(H,29,31)/b16-8+. The van der Waals surface area contributed by atoms with Gasteiger partial charge in [-0.25, -0.2) is 0 Å². The smallest absolute Gasteiger partial charge is 0.289 e. The zero-order valence-electron chi connectivity index (χ0n) is 18.1. The molecule has 1 N–H and O–H groups in total. The molecule has 0 spiro atoms. The van der Waals surface area contributed by atoms with Crippen molar-refractivity contribution in [3.05, 3.63) is 95.0 Å². The van der Waals surface area contributed by atoms with E-state index >= 15 is 0 Å². The van der Waals surface area contributed by atoms with Crippen molar-refractivity contribution < 1.29 is 19.2 Å². The van der Waals surface area contributed by atoms with Gasteiger partial charge >= 0.3 is 0 Å². The molecule has 3 aromatic carbocycles. The molecule has 0 aliphatic rings. The minimum absolute atomic E-state index is 0.0671. The first kappa shape index (κ1) is 26.3. The monoisotopic (exact) mass is 623 g/mol. The topological polar surface area (TPSA) is 114 Å². The Labute approximate surface area is 224 Å². The number of carbonyl (C=O) groups is 1. The Morgan fingerprint density at radius 1 is 1.20 bits per heavy atom. The zero-order valence-corrected chi connectivity index (χ0v) is 21.7. The summed E-state index contributed by atoms with van der Waals surface area (Å²) >= 11 is 14.1. The van der Waals surface area contributed by atoms with Gasteiger partial charge in [-0.15, -0.1) is 0 Å². The third kappa shape index (κ3) is 6.63. The van der Waals surface area contributed by atoms with Crippen LogP contribution >= 0.6 is 45.8 Å². The first-order valence-corrected chi connectivity index (χ1v) is 11.7. The summed E-state index contributed by atoms with van der Waals surface area (Å²) < 4.78 is 12.1. The van der Waals surface area contributed by atoms with Crippen LogP contribution in [0.1, 0.15) is 11.1 Å². The second-order valence-electron chi connectivity index (χ2n) is 6.96. The number of hydrogen-bond donors (Lipinski definition) is 1. The van der Waals surface area contributed by atoms with Crippen LogP contribution in [0.4, 0.5) is 11.4 Å². The van der Waals surface area contributed by atoms with Crippen LogP contribution in [0.15, 0.2) is 60.2 Å². The highest BCUT2D eigenvalue weighted by atomic mass is 127. The fourth-order valence-corrected chi connectivity index (χ4v) is 4.13. The molecule has 0 aromatic heterocycles. The van der Waals surface area contributed by atoms with Crippen LogP contribution in [0.3, 0.4) is 0 Å². The second-order valence-corrected chi connectivity index (χ2v) is 8.94. The number of hydrogen-bond acceptors (Lipinski definition) is 6. The van der Waals surface area contributed by atoms with E-state index in [4.69, 9.17) is 32.7 Å². The van der Waals surface area contributed by atoms with Crippen LogP contribution in [-0.4, -0.2) is 17.9 Å². The van der Waals surface area contributed by atoms with Crippen LogP contribution < -0.4 is 14.8 Å². The largest absolute Gasteiger partial charge is 0.493 e. The predicted octanol–water partition coefficient (Wildman–Crippen LogP) is 6.64. The Hall–Kier alpha value is -3.33. The van der Waals surface area contributed by atoms with Crippen molar-refractivity contribution in [3.8, 4) is 17.6 Å². The summed E-state index contributed by atoms with van der Waals surface area (Å²) in [4.78, 5) is 23.0. The Balaban J connectivity index is 1.84. The molecule has 0 aliphatic heterocycles. The molecule has 3 aromatic rings. The van der Waals surface area contributed by atoms with Crippen molar-refractivity contribution in [3.63, 3.8) is 0 Å². The fourth-order valence-electron chi connectivity index (χ4n) is 2.97. The summed E-state index contributed by atoms with van der Waals surface area (Å²) in [6.07, 6.45) is 1.38. The Bertz CT molecular complexity index is 1370. The number of methoxy groups -OCH3 is 1. The van der Waals surface area contributed by atoms with Gasteiger partial charge in [0.2, 0.25) is 0 Å². The summed E-state index contributed by atoms with van der Waals surface area (Å²) in [5, 5.41) is 23.6. The molecule has 0 aliphatic carbocycles. The maximum Gasteiger partial charge on any atom is 0.289 e. The van der Waals surface area contributed by atoms with Crippen molar-refractivity contribution in [2.45, 2.75) is 6.61 Å². The number of amides is 1. The van der Waals surface area contributed by atoms with Gasteiger partial charge in [0.15, 0.2) is 11.5 Å². The molecule has 0 unspecified atom stereocenters. The van der Waals surface area contributed by atoms with Gasteiger partial charge < -0.3 is 14.8 Å². The minimum atomic E-state index is -0.739. The number of ether oxygens (including phenoxy) is 2. The molecule has 3 rings (SSSR count). The highest BCUT2D eigenvalue weighted by Gasteiger charge is 2.17. The second kappa shape index (κ2) is 11.9. The lowest BCUT2D eigenvalue weighted by Crippen LogP contribution is -2.13. The fraction of sp³-hybridized carbons (Fsp3) is 0.0833. The quantitative estimate of drug-likeness (QED) is 0.0989. The molecule has 178 valence electrons. The number of nitro groups is 1. The summed E-state index contributed by atoms with van der Waals surface area (Å²) in [5.41, 5.74) is 0.874. The van der Waals surface area contributed by atoms with Crippen LogP contribution in [0.5, 0.6) is 11.5 Å². The van der Waals surface area contributed by atoms with E-state index in [1.165, 1.54) is 25.3 Å². The molecule has 0 radical (unpaired) electrons. The van der Waals surface area contributed by atoms with Crippen molar-refractivity contribution in [2.24, 2.45) is 0 Å². The maximum atomic E-state index is 12.6. The van der Waals surface area contributed by atoms with Gasteiger partial charge in [0.1, 0.15) is 23.3 Å². The molecular weight excluding hydrogens is 608 g/mol. The van der Waals surface area contributed by atoms with Gasteiger partial charge in [0, 0.05) is 22.3 Å². The Morgan fingerprint density at radius 3 is 2.60 bits per heavy atom. The zero-order chi connectivity index (χ0) is 25.5. The van der Waals surface area contributed by atoms with Gasteiger partial charge in [0.05, 0.1) is 15.6 Å². The molecule has 1 amide bonds. The van der Waals surface area contributed by atoms with E-state index in [1.807, 2.05) is 24.3 Å². The molecule has 0 saturated heterocycles. The number of nitro benzene ring substituents is 1. The molecule has 0 bridgehead atoms. The number of nitrogens with one attached hydrogen (secondary N) is 1. The first-order valence-electron chi connectivity index (χ1n) is 9.84. The first-order chi connectivity index (χ1) is 16.7. The van der Waals surface area contributed by atoms with Crippen molar-refractivity contribution >= 4 is 69.2 Å². The van der Waals surface area contributed by atoms with Crippen LogP contribution in [0, 0.1) is 25.0 Å². The van der Waals surface area contributed by atoms with E-state index < -0.39 is 10.8 Å². The average molecular weight is 624 g/mol. The highest BCUT2D eigenvalue weighted by molar-refractivity contribution is 14.1. The highest BCUT2D eigenvalue weighted by Crippen LogP contribution is 2.36. The molecule has 0 atom stereocenters.